The molecule has 0 saturated heterocycles. The summed E-state index contributed by atoms with van der Waals surface area (Å²) in [6, 6.07) is 0. The van der Waals surface area contributed by atoms with E-state index in [4.69, 9.17) is 0 Å². The summed E-state index contributed by atoms with van der Waals surface area (Å²) in [7, 11) is 1.12. The van der Waals surface area contributed by atoms with Crippen LogP contribution in [0.15, 0.2) is 6.20 Å². The van der Waals surface area contributed by atoms with Crippen molar-refractivity contribution < 1.29 is 27.0 Å². The quantitative estimate of drug-likeness (QED) is 0.620. The van der Waals surface area contributed by atoms with Crippen molar-refractivity contribution in [2.45, 2.75) is 13.0 Å². The summed E-state index contributed by atoms with van der Waals surface area (Å²) in [6.07, 6.45) is -3.78. The van der Waals surface area contributed by atoms with Gasteiger partial charge in [-0.3, -0.25) is 4.98 Å². The lowest BCUT2D eigenvalue weighted by atomic mass is 10.3. The third-order valence-electron chi connectivity index (χ3n) is 1.57. The lowest BCUT2D eigenvalue weighted by Gasteiger charge is -2.15. The van der Waals surface area contributed by atoms with Gasteiger partial charge in [0.15, 0.2) is 11.5 Å². The van der Waals surface area contributed by atoms with E-state index in [0.29, 0.717) is 0 Å². The molecular weight excluding hydrogens is 345 g/mol. The molecule has 0 aromatic carbocycles. The Balaban J connectivity index is 3.23. The Hall–Kier alpha value is -0.800. The van der Waals surface area contributed by atoms with E-state index in [1.807, 2.05) is 0 Å². The van der Waals surface area contributed by atoms with Gasteiger partial charge in [-0.15, -0.1) is 13.2 Å². The molecule has 3 nitrogen and oxygen atoms in total. The van der Waals surface area contributed by atoms with Crippen molar-refractivity contribution in [1.29, 1.82) is 0 Å². The van der Waals surface area contributed by atoms with E-state index in [-0.39, 0.29) is 15.0 Å². The molecule has 0 amide bonds. The van der Waals surface area contributed by atoms with Crippen LogP contribution in [0.25, 0.3) is 0 Å². The van der Waals surface area contributed by atoms with Crippen LogP contribution in [0.5, 0.6) is 11.5 Å². The van der Waals surface area contributed by atoms with E-state index in [0.717, 1.165) is 13.3 Å². The Morgan fingerprint density at radius 1 is 1.38 bits per heavy atom. The lowest BCUT2D eigenvalue weighted by Crippen LogP contribution is -2.19. The van der Waals surface area contributed by atoms with Gasteiger partial charge in [0.05, 0.1) is 10.7 Å². The zero-order valence-electron chi connectivity index (χ0n) is 7.94. The number of alkyl halides is 4. The van der Waals surface area contributed by atoms with Crippen LogP contribution >= 0.6 is 22.6 Å². The first kappa shape index (κ1) is 13.3. The first-order chi connectivity index (χ1) is 7.39. The number of pyridine rings is 1. The SMILES string of the molecule is COc1c(CF)ncc(I)c1OC(F)(F)F. The van der Waals surface area contributed by atoms with Crippen LogP contribution in [-0.2, 0) is 6.67 Å². The summed E-state index contributed by atoms with van der Waals surface area (Å²) in [4.78, 5) is 3.60. The fraction of sp³-hybridized carbons (Fsp3) is 0.375. The Morgan fingerprint density at radius 2 is 2.00 bits per heavy atom. The maximum atomic E-state index is 12.4. The fourth-order valence-electron chi connectivity index (χ4n) is 1.01. The van der Waals surface area contributed by atoms with Gasteiger partial charge in [-0.05, 0) is 22.6 Å². The van der Waals surface area contributed by atoms with Gasteiger partial charge in [-0.25, -0.2) is 4.39 Å². The molecule has 0 aliphatic carbocycles. The Labute approximate surface area is 102 Å². The van der Waals surface area contributed by atoms with Crippen molar-refractivity contribution in [3.8, 4) is 11.5 Å². The summed E-state index contributed by atoms with van der Waals surface area (Å²) in [5.74, 6) is -0.912. The van der Waals surface area contributed by atoms with Crippen molar-refractivity contribution >= 4 is 22.6 Å². The molecule has 1 aromatic rings. The highest BCUT2D eigenvalue weighted by Gasteiger charge is 2.34. The molecule has 0 radical (unpaired) electrons. The standard InChI is InChI=1S/C8H6F4INO2/c1-15-7-5(2-9)14-3-4(13)6(7)16-8(10,11)12/h3H,2H2,1H3. The average molecular weight is 351 g/mol. The van der Waals surface area contributed by atoms with Crippen LogP contribution in [0, 0.1) is 3.57 Å². The minimum absolute atomic E-state index is 0.0870. The molecule has 1 aromatic heterocycles. The molecular formula is C8H6F4INO2. The van der Waals surface area contributed by atoms with Gasteiger partial charge in [0, 0.05) is 6.20 Å². The molecule has 1 rings (SSSR count). The second-order valence-electron chi connectivity index (χ2n) is 2.60. The van der Waals surface area contributed by atoms with Crippen molar-refractivity contribution in [2.75, 3.05) is 7.11 Å². The molecule has 0 atom stereocenters. The Morgan fingerprint density at radius 3 is 2.44 bits per heavy atom. The van der Waals surface area contributed by atoms with E-state index >= 15 is 0 Å². The number of halogens is 5. The van der Waals surface area contributed by atoms with Crippen LogP contribution in [0.3, 0.4) is 0 Å². The van der Waals surface area contributed by atoms with Crippen molar-refractivity contribution in [3.63, 3.8) is 0 Å². The Bertz CT molecular complexity index is 383. The number of aromatic nitrogens is 1. The molecule has 0 N–H and O–H groups in total. The van der Waals surface area contributed by atoms with E-state index < -0.39 is 18.8 Å². The van der Waals surface area contributed by atoms with Gasteiger partial charge in [-0.1, -0.05) is 0 Å². The minimum atomic E-state index is -4.86. The molecule has 90 valence electrons. The molecule has 0 aliphatic rings. The highest BCUT2D eigenvalue weighted by Crippen LogP contribution is 2.38. The number of hydrogen-bond acceptors (Lipinski definition) is 3. The first-order valence-electron chi connectivity index (χ1n) is 3.92. The first-order valence-corrected chi connectivity index (χ1v) is 5.00. The van der Waals surface area contributed by atoms with E-state index in [2.05, 4.69) is 14.5 Å². The number of ether oxygens (including phenoxy) is 2. The van der Waals surface area contributed by atoms with Crippen LogP contribution in [-0.4, -0.2) is 18.5 Å². The predicted molar refractivity (Wildman–Crippen MR) is 55.0 cm³/mol. The maximum absolute atomic E-state index is 12.4. The van der Waals surface area contributed by atoms with E-state index in [1.54, 1.807) is 22.6 Å². The average Bonchev–Trinajstić information content (AvgIpc) is 2.19. The van der Waals surface area contributed by atoms with Crippen molar-refractivity contribution in [2.24, 2.45) is 0 Å². The molecule has 0 spiro atoms. The van der Waals surface area contributed by atoms with Crippen LogP contribution in [0.2, 0.25) is 0 Å². The fourth-order valence-corrected chi connectivity index (χ4v) is 1.50. The maximum Gasteiger partial charge on any atom is 0.573 e. The predicted octanol–water partition coefficient (Wildman–Crippen LogP) is 3.06. The van der Waals surface area contributed by atoms with Crippen molar-refractivity contribution in [3.05, 3.63) is 15.5 Å². The van der Waals surface area contributed by atoms with Gasteiger partial charge < -0.3 is 9.47 Å². The molecule has 0 saturated carbocycles. The van der Waals surface area contributed by atoms with Gasteiger partial charge in [0.2, 0.25) is 0 Å². The topological polar surface area (TPSA) is 31.4 Å². The zero-order valence-corrected chi connectivity index (χ0v) is 10.1. The zero-order chi connectivity index (χ0) is 12.3. The van der Waals surface area contributed by atoms with Gasteiger partial charge in [-0.2, -0.15) is 0 Å². The number of nitrogens with zero attached hydrogens (tertiary/aromatic N) is 1. The molecule has 0 fully saturated rings. The molecule has 1 heterocycles. The number of rotatable bonds is 3. The Kier molecular flexibility index (Phi) is 4.16. The van der Waals surface area contributed by atoms with Crippen LogP contribution in [0.4, 0.5) is 17.6 Å². The minimum Gasteiger partial charge on any atom is -0.491 e. The highest BCUT2D eigenvalue weighted by molar-refractivity contribution is 14.1. The summed E-state index contributed by atoms with van der Waals surface area (Å²) in [6.45, 7) is -1.03. The summed E-state index contributed by atoms with van der Waals surface area (Å²) >= 11 is 1.59. The number of methoxy groups -OCH3 is 1. The van der Waals surface area contributed by atoms with Gasteiger partial charge >= 0.3 is 6.36 Å². The molecule has 0 aliphatic heterocycles. The second-order valence-corrected chi connectivity index (χ2v) is 3.76. The molecule has 0 unspecified atom stereocenters. The van der Waals surface area contributed by atoms with Gasteiger partial charge in [0.1, 0.15) is 12.4 Å². The second kappa shape index (κ2) is 5.02. The van der Waals surface area contributed by atoms with Crippen LogP contribution in [0.1, 0.15) is 5.69 Å². The largest absolute Gasteiger partial charge is 0.573 e. The molecule has 8 heteroatoms. The summed E-state index contributed by atoms with van der Waals surface area (Å²) in [5.41, 5.74) is -0.234. The highest BCUT2D eigenvalue weighted by atomic mass is 127. The molecule has 16 heavy (non-hydrogen) atoms. The van der Waals surface area contributed by atoms with E-state index in [9.17, 15) is 17.6 Å². The number of hydrogen-bond donors (Lipinski definition) is 0. The normalized spacial score (nSPS) is 11.4. The van der Waals surface area contributed by atoms with Crippen LogP contribution < -0.4 is 9.47 Å². The summed E-state index contributed by atoms with van der Waals surface area (Å²) < 4.78 is 57.2. The summed E-state index contributed by atoms with van der Waals surface area (Å²) in [5, 5.41) is 0. The third-order valence-corrected chi connectivity index (χ3v) is 2.34. The third kappa shape index (κ3) is 3.09. The monoisotopic (exact) mass is 351 g/mol. The van der Waals surface area contributed by atoms with E-state index in [1.165, 1.54) is 0 Å². The molecule has 0 bridgehead atoms. The van der Waals surface area contributed by atoms with Gasteiger partial charge in [0.25, 0.3) is 0 Å². The van der Waals surface area contributed by atoms with Crippen molar-refractivity contribution in [1.82, 2.24) is 4.98 Å². The smallest absolute Gasteiger partial charge is 0.491 e. The lowest BCUT2D eigenvalue weighted by molar-refractivity contribution is -0.275.